The summed E-state index contributed by atoms with van der Waals surface area (Å²) in [4.78, 5) is 12.9. The van der Waals surface area contributed by atoms with Crippen LogP contribution in [-0.2, 0) is 20.2 Å². The van der Waals surface area contributed by atoms with Crippen molar-refractivity contribution in [2.24, 2.45) is 0 Å². The van der Waals surface area contributed by atoms with Gasteiger partial charge in [0.05, 0.1) is 23.2 Å². The van der Waals surface area contributed by atoms with Gasteiger partial charge in [-0.25, -0.2) is 13.4 Å². The first-order valence-electron chi connectivity index (χ1n) is 12.6. The number of anilines is 5. The van der Waals surface area contributed by atoms with Gasteiger partial charge in [-0.3, -0.25) is 0 Å². The minimum absolute atomic E-state index is 0.186. The van der Waals surface area contributed by atoms with Crippen molar-refractivity contribution in [1.82, 2.24) is 23.7 Å². The summed E-state index contributed by atoms with van der Waals surface area (Å²) in [5.74, 6) is 0.470. The van der Waals surface area contributed by atoms with Crippen molar-refractivity contribution in [2.45, 2.75) is 24.3 Å². The lowest BCUT2D eigenvalue weighted by molar-refractivity contribution is 0.208. The number of hydrogen-bond donors (Lipinski definition) is 5. The molecule has 0 atom stereocenters. The van der Waals surface area contributed by atoms with E-state index in [-0.39, 0.29) is 27.4 Å². The summed E-state index contributed by atoms with van der Waals surface area (Å²) in [6, 6.07) is 13.4. The predicted octanol–water partition coefficient (Wildman–Crippen LogP) is 2.25. The minimum atomic E-state index is -4.51. The molecule has 1 aliphatic heterocycles. The molecule has 0 aliphatic carbocycles. The minimum Gasteiger partial charge on any atom is -0.394 e. The molecule has 0 amide bonds. The van der Waals surface area contributed by atoms with Gasteiger partial charge in [-0.2, -0.15) is 18.1 Å². The molecule has 0 saturated carbocycles. The number of sulfonamides is 1. The number of aliphatic hydroxyl groups is 1. The van der Waals surface area contributed by atoms with E-state index in [1.807, 2.05) is 24.3 Å². The van der Waals surface area contributed by atoms with E-state index in [9.17, 15) is 21.9 Å². The first-order valence-corrected chi connectivity index (χ1v) is 16.0. The van der Waals surface area contributed by atoms with Crippen molar-refractivity contribution < 1.29 is 21.9 Å². The number of rotatable bonds is 11. The van der Waals surface area contributed by atoms with Crippen LogP contribution in [0.25, 0.3) is 0 Å². The van der Waals surface area contributed by atoms with Crippen LogP contribution in [0, 0.1) is 0 Å². The van der Waals surface area contributed by atoms with Gasteiger partial charge in [-0.1, -0.05) is 21.8 Å². The van der Waals surface area contributed by atoms with Gasteiger partial charge in [0.15, 0.2) is 5.82 Å². The molecule has 0 spiro atoms. The average Bonchev–Trinajstić information content (AvgIpc) is 2.90. The van der Waals surface area contributed by atoms with Crippen LogP contribution in [0.5, 0.6) is 0 Å². The second-order valence-electron chi connectivity index (χ2n) is 10.2. The van der Waals surface area contributed by atoms with Crippen LogP contribution in [0.2, 0.25) is 5.02 Å². The lowest BCUT2D eigenvalue weighted by atomic mass is 10.1. The maximum absolute atomic E-state index is 12.8. The van der Waals surface area contributed by atoms with Crippen molar-refractivity contribution in [1.29, 1.82) is 0 Å². The Kier molecular flexibility index (Phi) is 9.38. The fraction of sp³-hybridized carbons (Fsp3) is 0.360. The zero-order chi connectivity index (χ0) is 29.8. The highest BCUT2D eigenvalue weighted by atomic mass is 35.5. The van der Waals surface area contributed by atoms with Crippen LogP contribution >= 0.6 is 11.6 Å². The number of halogens is 1. The topological polar surface area (TPSA) is 169 Å². The number of piperazine rings is 1. The molecule has 41 heavy (non-hydrogen) atoms. The van der Waals surface area contributed by atoms with Gasteiger partial charge in [0.1, 0.15) is 5.02 Å². The molecule has 2 aromatic carbocycles. The molecule has 0 unspecified atom stereocenters. The highest BCUT2D eigenvalue weighted by molar-refractivity contribution is 8.03. The van der Waals surface area contributed by atoms with Crippen molar-refractivity contribution in [3.8, 4) is 0 Å². The number of hydrogen-bond acceptors (Lipinski definition) is 11. The van der Waals surface area contributed by atoms with Crippen molar-refractivity contribution in [3.63, 3.8) is 0 Å². The molecule has 3 aromatic rings. The molecule has 0 radical (unpaired) electrons. The smallest absolute Gasteiger partial charge is 0.290 e. The maximum Gasteiger partial charge on any atom is 0.290 e. The Hall–Kier alpha value is -3.05. The standard InChI is InChI=1S/C25H33ClN8O5S2/c1-25(2,17-35)31-41(38,39)32-40(36,37)21-6-4-5-19(15-21)28-23-22(26)16-27-24(30-23)29-18-7-9-20(10-8-18)34-13-11-33(3)12-14-34/h4-10,15-16,31-32,35H,11-14,17H2,1-3H3,(H2,27,28,29,30). The van der Waals surface area contributed by atoms with Gasteiger partial charge >= 0.3 is 0 Å². The summed E-state index contributed by atoms with van der Waals surface area (Å²) in [5, 5.41) is 15.6. The van der Waals surface area contributed by atoms with Crippen LogP contribution < -0.4 is 24.4 Å². The third kappa shape index (κ3) is 8.48. The number of aromatic nitrogens is 2. The van der Waals surface area contributed by atoms with Crippen molar-refractivity contribution in [2.75, 3.05) is 55.4 Å². The number of aliphatic hydroxyl groups excluding tert-OH is 1. The fourth-order valence-corrected chi connectivity index (χ4v) is 7.13. The molecule has 1 saturated heterocycles. The van der Waals surface area contributed by atoms with Gasteiger partial charge in [-0.05, 0) is 63.4 Å². The maximum atomic E-state index is 12.8. The Morgan fingerprint density at radius 2 is 1.66 bits per heavy atom. The van der Waals surface area contributed by atoms with Crippen LogP contribution in [0.1, 0.15) is 13.8 Å². The lowest BCUT2D eigenvalue weighted by Gasteiger charge is -2.34. The summed E-state index contributed by atoms with van der Waals surface area (Å²) in [5.41, 5.74) is 0.923. The summed E-state index contributed by atoms with van der Waals surface area (Å²) >= 11 is 6.30. The van der Waals surface area contributed by atoms with Gasteiger partial charge in [0.2, 0.25) is 5.95 Å². The summed E-state index contributed by atoms with van der Waals surface area (Å²) < 4.78 is 54.0. The largest absolute Gasteiger partial charge is 0.394 e. The zero-order valence-electron chi connectivity index (χ0n) is 22.8. The number of nitrogens with zero attached hydrogens (tertiary/aromatic N) is 4. The average molecular weight is 625 g/mol. The second-order valence-corrected chi connectivity index (χ2v) is 14.0. The summed E-state index contributed by atoms with van der Waals surface area (Å²) in [7, 11) is -6.88. The van der Waals surface area contributed by atoms with E-state index in [4.69, 9.17) is 11.6 Å². The number of benzene rings is 2. The molecule has 1 fully saturated rings. The molecular weight excluding hydrogens is 592 g/mol. The molecule has 222 valence electrons. The Morgan fingerprint density at radius 3 is 2.32 bits per heavy atom. The quantitative estimate of drug-likeness (QED) is 0.212. The highest BCUT2D eigenvalue weighted by Crippen LogP contribution is 2.27. The molecule has 13 nitrogen and oxygen atoms in total. The Balaban J connectivity index is 1.46. The van der Waals surface area contributed by atoms with Crippen LogP contribution in [0.3, 0.4) is 0 Å². The molecule has 5 N–H and O–H groups in total. The zero-order valence-corrected chi connectivity index (χ0v) is 25.2. The Bertz CT molecular complexity index is 1580. The van der Waals surface area contributed by atoms with E-state index >= 15 is 0 Å². The van der Waals surface area contributed by atoms with Crippen molar-refractivity contribution in [3.05, 3.63) is 59.8 Å². The second kappa shape index (κ2) is 12.4. The van der Waals surface area contributed by atoms with E-state index < -0.39 is 32.4 Å². The number of nitrogens with one attached hydrogen (secondary N) is 4. The molecule has 1 aromatic heterocycles. The number of likely N-dealkylation sites (N-methyl/N-ethyl adjacent to an activating group) is 1. The van der Waals surface area contributed by atoms with Crippen LogP contribution in [0.15, 0.2) is 59.6 Å². The lowest BCUT2D eigenvalue weighted by Crippen LogP contribution is -2.51. The highest BCUT2D eigenvalue weighted by Gasteiger charge is 2.29. The summed E-state index contributed by atoms with van der Waals surface area (Å²) in [6.07, 6.45) is 1.40. The van der Waals surface area contributed by atoms with E-state index in [1.165, 1.54) is 38.2 Å². The molecular formula is C25H33ClN8O5S2. The third-order valence-corrected chi connectivity index (χ3v) is 9.90. The van der Waals surface area contributed by atoms with Crippen LogP contribution in [0.4, 0.5) is 28.8 Å². The Labute approximate surface area is 245 Å². The van der Waals surface area contributed by atoms with Crippen LogP contribution in [-0.4, -0.2) is 82.2 Å². The molecule has 1 aliphatic rings. The van der Waals surface area contributed by atoms with Crippen molar-refractivity contribution >= 4 is 60.7 Å². The fourth-order valence-electron chi connectivity index (χ4n) is 3.95. The normalized spacial score (nSPS) is 15.1. The molecule has 4 rings (SSSR count). The third-order valence-electron chi connectivity index (χ3n) is 6.17. The predicted molar refractivity (Wildman–Crippen MR) is 160 cm³/mol. The van der Waals surface area contributed by atoms with Gasteiger partial charge in [0.25, 0.3) is 20.2 Å². The van der Waals surface area contributed by atoms with Gasteiger partial charge in [-0.15, -0.1) is 0 Å². The molecule has 16 heteroatoms. The first kappa shape index (κ1) is 30.9. The molecule has 0 bridgehead atoms. The van der Waals surface area contributed by atoms with Gasteiger partial charge in [0, 0.05) is 43.2 Å². The van der Waals surface area contributed by atoms with Gasteiger partial charge < -0.3 is 25.5 Å². The van der Waals surface area contributed by atoms with E-state index in [0.717, 1.165) is 37.6 Å². The first-order chi connectivity index (χ1) is 19.2. The Morgan fingerprint density at radius 1 is 0.976 bits per heavy atom. The monoisotopic (exact) mass is 624 g/mol. The molecule has 2 heterocycles. The van der Waals surface area contributed by atoms with E-state index in [0.29, 0.717) is 0 Å². The van der Waals surface area contributed by atoms with E-state index in [2.05, 4.69) is 42.2 Å². The summed E-state index contributed by atoms with van der Waals surface area (Å²) in [6.45, 7) is 6.23. The van der Waals surface area contributed by atoms with E-state index in [1.54, 1.807) is 10.2 Å². The SMILES string of the molecule is CN1CCN(c2ccc(Nc3ncc(Cl)c(Nc4cccc(S(=O)(=O)NS(=O)(=O)NC(C)(C)CO)c4)n3)cc2)CC1.